The molecule has 0 saturated heterocycles. The largest absolute Gasteiger partial charge is 0.508 e. The van der Waals surface area contributed by atoms with Crippen LogP contribution in [0.15, 0.2) is 67.0 Å². The van der Waals surface area contributed by atoms with Crippen molar-refractivity contribution in [2.75, 3.05) is 12.4 Å². The number of carbonyl (C=O) groups excluding carboxylic acids is 1. The van der Waals surface area contributed by atoms with E-state index in [9.17, 15) is 9.90 Å². The summed E-state index contributed by atoms with van der Waals surface area (Å²) in [5.74, 6) is 1.32. The number of thiazole rings is 1. The lowest BCUT2D eigenvalue weighted by atomic mass is 9.96. The Morgan fingerprint density at radius 2 is 1.91 bits per heavy atom. The van der Waals surface area contributed by atoms with E-state index in [2.05, 4.69) is 20.6 Å². The van der Waals surface area contributed by atoms with Crippen LogP contribution in [0.2, 0.25) is 0 Å². The first kappa shape index (κ1) is 21.5. The summed E-state index contributed by atoms with van der Waals surface area (Å²) in [5, 5.41) is 16.4. The van der Waals surface area contributed by atoms with E-state index in [1.165, 1.54) is 11.3 Å². The van der Waals surface area contributed by atoms with Crippen molar-refractivity contribution in [2.45, 2.75) is 19.3 Å². The zero-order chi connectivity index (χ0) is 22.5. The first-order valence-corrected chi connectivity index (χ1v) is 11.0. The topological polar surface area (TPSA) is 100 Å². The number of phenolic OH excluding ortho intramolecular Hbond substituents is 1. The third-order valence-electron chi connectivity index (χ3n) is 4.96. The van der Waals surface area contributed by atoms with Gasteiger partial charge in [0.15, 0.2) is 0 Å². The van der Waals surface area contributed by atoms with Crippen molar-refractivity contribution in [2.24, 2.45) is 0 Å². The minimum absolute atomic E-state index is 0.0743. The Hall–Kier alpha value is -3.78. The maximum Gasteiger partial charge on any atom is 0.220 e. The van der Waals surface area contributed by atoms with Crippen LogP contribution < -0.4 is 10.6 Å². The molecule has 8 heteroatoms. The summed E-state index contributed by atoms with van der Waals surface area (Å²) in [4.78, 5) is 26.7. The summed E-state index contributed by atoms with van der Waals surface area (Å²) in [6.45, 7) is 2.01. The summed E-state index contributed by atoms with van der Waals surface area (Å²) in [7, 11) is 1.62. The lowest BCUT2D eigenvalue weighted by Gasteiger charge is -2.14. The molecule has 4 rings (SSSR count). The first-order valence-electron chi connectivity index (χ1n) is 10.1. The molecule has 1 atom stereocenters. The molecule has 1 aromatic carbocycles. The minimum atomic E-state index is -0.216. The van der Waals surface area contributed by atoms with E-state index < -0.39 is 0 Å². The highest BCUT2D eigenvalue weighted by molar-refractivity contribution is 7.15. The van der Waals surface area contributed by atoms with Gasteiger partial charge in [-0.3, -0.25) is 4.79 Å². The standard InChI is InChI=1S/C24H23N5O2S/c1-15-10-11-26-22(12-15)29-21-5-3-4-19(28-21)20-14-27-24(32-20)18(13-23(31)25-2)16-6-8-17(30)9-7-16/h3-12,14,18,30H,13H2,1-2H3,(H,25,31)(H,26,28,29)/t18-/m1/s1. The van der Waals surface area contributed by atoms with Crippen LogP contribution in [0.25, 0.3) is 10.6 Å². The Kier molecular flexibility index (Phi) is 6.42. The summed E-state index contributed by atoms with van der Waals surface area (Å²) >= 11 is 1.50. The van der Waals surface area contributed by atoms with Crippen molar-refractivity contribution in [3.8, 4) is 16.3 Å². The lowest BCUT2D eigenvalue weighted by molar-refractivity contribution is -0.120. The highest BCUT2D eigenvalue weighted by Gasteiger charge is 2.22. The molecular weight excluding hydrogens is 422 g/mol. The second-order valence-electron chi connectivity index (χ2n) is 7.34. The predicted molar refractivity (Wildman–Crippen MR) is 126 cm³/mol. The molecule has 32 heavy (non-hydrogen) atoms. The second kappa shape index (κ2) is 9.57. The average Bonchev–Trinajstić information content (AvgIpc) is 3.28. The summed E-state index contributed by atoms with van der Waals surface area (Å²) < 4.78 is 0. The van der Waals surface area contributed by atoms with Gasteiger partial charge in [0.1, 0.15) is 22.4 Å². The van der Waals surface area contributed by atoms with Crippen molar-refractivity contribution in [3.05, 3.63) is 83.1 Å². The number of benzene rings is 1. The number of aromatic nitrogens is 3. The molecule has 0 aliphatic heterocycles. The van der Waals surface area contributed by atoms with E-state index in [0.717, 1.165) is 32.5 Å². The number of nitrogens with one attached hydrogen (secondary N) is 2. The summed E-state index contributed by atoms with van der Waals surface area (Å²) in [6, 6.07) is 16.5. The SMILES string of the molecule is CNC(=O)C[C@H](c1ccc(O)cc1)c1ncc(-c2cccc(Nc3cc(C)ccn3)n2)s1. The van der Waals surface area contributed by atoms with Crippen LogP contribution in [0.3, 0.4) is 0 Å². The molecule has 1 amide bonds. The van der Waals surface area contributed by atoms with E-state index in [1.807, 2.05) is 49.4 Å². The Bertz CT molecular complexity index is 1220. The van der Waals surface area contributed by atoms with Gasteiger partial charge in [0.25, 0.3) is 0 Å². The van der Waals surface area contributed by atoms with Crippen LogP contribution in [0.5, 0.6) is 5.75 Å². The number of aromatic hydroxyl groups is 1. The van der Waals surface area contributed by atoms with Crippen molar-refractivity contribution in [1.82, 2.24) is 20.3 Å². The Morgan fingerprint density at radius 1 is 1.09 bits per heavy atom. The first-order chi connectivity index (χ1) is 15.5. The van der Waals surface area contributed by atoms with Gasteiger partial charge >= 0.3 is 0 Å². The van der Waals surface area contributed by atoms with Crippen molar-refractivity contribution in [1.29, 1.82) is 0 Å². The molecule has 0 saturated carbocycles. The fourth-order valence-electron chi connectivity index (χ4n) is 3.29. The van der Waals surface area contributed by atoms with Crippen molar-refractivity contribution < 1.29 is 9.90 Å². The number of carbonyl (C=O) groups is 1. The van der Waals surface area contributed by atoms with Gasteiger partial charge in [-0.15, -0.1) is 11.3 Å². The molecule has 3 heterocycles. The van der Waals surface area contributed by atoms with E-state index in [0.29, 0.717) is 5.82 Å². The Balaban J connectivity index is 1.61. The minimum Gasteiger partial charge on any atom is -0.508 e. The fourth-order valence-corrected chi connectivity index (χ4v) is 4.30. The highest BCUT2D eigenvalue weighted by atomic mass is 32.1. The molecular formula is C24H23N5O2S. The number of hydrogen-bond donors (Lipinski definition) is 3. The third kappa shape index (κ3) is 5.09. The van der Waals surface area contributed by atoms with E-state index >= 15 is 0 Å². The summed E-state index contributed by atoms with van der Waals surface area (Å²) in [6.07, 6.45) is 3.81. The predicted octanol–water partition coefficient (Wildman–Crippen LogP) is 4.63. The van der Waals surface area contributed by atoms with Crippen molar-refractivity contribution in [3.63, 3.8) is 0 Å². The molecule has 0 aliphatic rings. The van der Waals surface area contributed by atoms with E-state index in [1.54, 1.807) is 31.6 Å². The summed E-state index contributed by atoms with van der Waals surface area (Å²) in [5.41, 5.74) is 2.82. The molecule has 7 nitrogen and oxygen atoms in total. The molecule has 3 aromatic heterocycles. The molecule has 162 valence electrons. The molecule has 0 aliphatic carbocycles. The fraction of sp³-hybridized carbons (Fsp3) is 0.167. The number of pyridine rings is 2. The van der Waals surface area contributed by atoms with Gasteiger partial charge in [-0.25, -0.2) is 15.0 Å². The maximum absolute atomic E-state index is 12.1. The van der Waals surface area contributed by atoms with Gasteiger partial charge in [-0.2, -0.15) is 0 Å². The smallest absolute Gasteiger partial charge is 0.220 e. The number of rotatable bonds is 7. The van der Waals surface area contributed by atoms with Crippen LogP contribution in [-0.2, 0) is 4.79 Å². The zero-order valence-corrected chi connectivity index (χ0v) is 18.6. The molecule has 4 aromatic rings. The third-order valence-corrected chi connectivity index (χ3v) is 6.09. The normalized spacial score (nSPS) is 11.7. The number of anilines is 2. The second-order valence-corrected chi connectivity index (χ2v) is 8.40. The quantitative estimate of drug-likeness (QED) is 0.384. The number of phenols is 1. The van der Waals surface area contributed by atoms with Crippen LogP contribution in [0.4, 0.5) is 11.6 Å². The highest BCUT2D eigenvalue weighted by Crippen LogP contribution is 2.35. The van der Waals surface area contributed by atoms with Gasteiger partial charge in [0.2, 0.25) is 5.91 Å². The van der Waals surface area contributed by atoms with Crippen LogP contribution in [-0.4, -0.2) is 33.0 Å². The lowest BCUT2D eigenvalue weighted by Crippen LogP contribution is -2.21. The number of aryl methyl sites for hydroxylation is 1. The van der Waals surface area contributed by atoms with Gasteiger partial charge in [0, 0.05) is 31.8 Å². The molecule has 0 radical (unpaired) electrons. The number of nitrogens with zero attached hydrogens (tertiary/aromatic N) is 3. The Morgan fingerprint density at radius 3 is 2.66 bits per heavy atom. The van der Waals surface area contributed by atoms with Gasteiger partial charge < -0.3 is 15.7 Å². The molecule has 3 N–H and O–H groups in total. The number of hydrogen-bond acceptors (Lipinski definition) is 7. The van der Waals surface area contributed by atoms with Crippen LogP contribution >= 0.6 is 11.3 Å². The van der Waals surface area contributed by atoms with Crippen molar-refractivity contribution >= 4 is 28.9 Å². The number of amides is 1. The van der Waals surface area contributed by atoms with Crippen LogP contribution in [0.1, 0.15) is 28.5 Å². The monoisotopic (exact) mass is 445 g/mol. The van der Waals surface area contributed by atoms with Gasteiger partial charge in [0.05, 0.1) is 10.6 Å². The average molecular weight is 446 g/mol. The van der Waals surface area contributed by atoms with E-state index in [-0.39, 0.29) is 24.0 Å². The van der Waals surface area contributed by atoms with Gasteiger partial charge in [-0.1, -0.05) is 18.2 Å². The molecule has 0 spiro atoms. The van der Waals surface area contributed by atoms with E-state index in [4.69, 9.17) is 4.98 Å². The maximum atomic E-state index is 12.1. The molecule has 0 unspecified atom stereocenters. The Labute approximate surface area is 190 Å². The van der Waals surface area contributed by atoms with Gasteiger partial charge in [-0.05, 0) is 54.4 Å². The molecule has 0 fully saturated rings. The molecule has 0 bridgehead atoms. The zero-order valence-electron chi connectivity index (χ0n) is 17.7. The van der Waals surface area contributed by atoms with Crippen LogP contribution in [0, 0.1) is 6.92 Å².